The van der Waals surface area contributed by atoms with E-state index in [0.717, 1.165) is 17.8 Å². The maximum Gasteiger partial charge on any atom is 0.459 e. The summed E-state index contributed by atoms with van der Waals surface area (Å²) in [7, 11) is -4.46. The van der Waals surface area contributed by atoms with Crippen LogP contribution in [0.5, 0.6) is 5.75 Å². The zero-order chi connectivity index (χ0) is 28.9. The molecule has 4 rings (SSSR count). The number of carbonyl (C=O) groups excluding carboxylic acids is 1. The van der Waals surface area contributed by atoms with Crippen LogP contribution < -0.4 is 21.0 Å². The molecular formula is C25H27F2N4O8P. The molecule has 0 spiro atoms. The lowest BCUT2D eigenvalue weighted by molar-refractivity contribution is -0.146. The third-order valence-electron chi connectivity index (χ3n) is 5.79. The van der Waals surface area contributed by atoms with Crippen LogP contribution in [0.3, 0.4) is 0 Å². The fourth-order valence-electron chi connectivity index (χ4n) is 3.74. The zero-order valence-corrected chi connectivity index (χ0v) is 22.0. The normalized spacial score (nSPS) is 22.2. The summed E-state index contributed by atoms with van der Waals surface area (Å²) in [5.41, 5.74) is 5.01. The zero-order valence-electron chi connectivity index (χ0n) is 21.1. The van der Waals surface area contributed by atoms with Crippen molar-refractivity contribution in [3.05, 3.63) is 89.0 Å². The number of nitrogens with one attached hydrogen (secondary N) is 1. The summed E-state index contributed by atoms with van der Waals surface area (Å²) in [4.78, 5) is 28.1. The average molecular weight is 580 g/mol. The lowest BCUT2D eigenvalue weighted by Gasteiger charge is -2.24. The van der Waals surface area contributed by atoms with Crippen LogP contribution in [0, 0.1) is 0 Å². The van der Waals surface area contributed by atoms with Crippen LogP contribution in [-0.2, 0) is 30.0 Å². The van der Waals surface area contributed by atoms with E-state index in [4.69, 9.17) is 24.3 Å². The number of benzene rings is 2. The van der Waals surface area contributed by atoms with Crippen LogP contribution in [-0.4, -0.2) is 51.4 Å². The molecule has 0 bridgehead atoms. The minimum Gasteiger partial charge on any atom is -0.460 e. The highest BCUT2D eigenvalue weighted by Crippen LogP contribution is 2.48. The van der Waals surface area contributed by atoms with Gasteiger partial charge < -0.3 is 24.8 Å². The van der Waals surface area contributed by atoms with Crippen molar-refractivity contribution in [1.29, 1.82) is 0 Å². The van der Waals surface area contributed by atoms with E-state index in [-0.39, 0.29) is 18.2 Å². The topological polar surface area (TPSA) is 164 Å². The Labute approximate surface area is 227 Å². The van der Waals surface area contributed by atoms with Gasteiger partial charge >= 0.3 is 25.3 Å². The van der Waals surface area contributed by atoms with Crippen molar-refractivity contribution in [3.63, 3.8) is 0 Å². The number of aliphatic hydroxyl groups excluding tert-OH is 1. The molecule has 0 saturated carbocycles. The van der Waals surface area contributed by atoms with E-state index in [2.05, 4.69) is 10.1 Å². The number of nitrogen functional groups attached to an aromatic ring is 1. The molecule has 4 N–H and O–H groups in total. The van der Waals surface area contributed by atoms with Crippen molar-refractivity contribution in [1.82, 2.24) is 14.6 Å². The van der Waals surface area contributed by atoms with Crippen LogP contribution in [0.25, 0.3) is 0 Å². The summed E-state index contributed by atoms with van der Waals surface area (Å²) in [6.45, 7) is 0.435. The Morgan fingerprint density at radius 3 is 2.50 bits per heavy atom. The fourth-order valence-corrected chi connectivity index (χ4v) is 5.24. The minimum atomic E-state index is -4.46. The van der Waals surface area contributed by atoms with Gasteiger partial charge in [0.1, 0.15) is 30.3 Å². The second-order valence-electron chi connectivity index (χ2n) is 8.83. The largest absolute Gasteiger partial charge is 0.460 e. The summed E-state index contributed by atoms with van der Waals surface area (Å²) >= 11 is 0. The molecule has 15 heteroatoms. The first-order chi connectivity index (χ1) is 19.0. The number of ether oxygens (including phenoxy) is 2. The van der Waals surface area contributed by atoms with E-state index in [1.807, 2.05) is 0 Å². The standard InChI is InChI=1S/C25H27F2N4O8P/c1-16(22(33)36-14-17-8-4-2-5-9-17)30-40(35,39-18-10-6-3-7-11-18)37-15-19-21(32)25(26,27)23(38-19)31-13-12-20(28)29-24(31)34/h2-13,16,19,21,23,32H,14-15H2,1H3,(H,30,35)(H2,28,29,34)/t16-,19+,21-,23+,40+/m0/s1. The third-order valence-corrected chi connectivity index (χ3v) is 7.43. The Kier molecular flexibility index (Phi) is 8.96. The maximum absolute atomic E-state index is 14.9. The summed E-state index contributed by atoms with van der Waals surface area (Å²) in [6.07, 6.45) is -5.50. The van der Waals surface area contributed by atoms with Gasteiger partial charge in [0.25, 0.3) is 0 Å². The van der Waals surface area contributed by atoms with Crippen LogP contribution in [0.2, 0.25) is 0 Å². The SMILES string of the molecule is C[C@H](N[P@@](=O)(OC[C@H]1O[C@@H](n2ccc(N)nc2=O)C(F)(F)[C@H]1O)Oc1ccccc1)C(=O)OCc1ccccc1. The van der Waals surface area contributed by atoms with Crippen LogP contribution in [0.4, 0.5) is 14.6 Å². The lowest BCUT2D eigenvalue weighted by atomic mass is 10.1. The first-order valence-electron chi connectivity index (χ1n) is 12.0. The van der Waals surface area contributed by atoms with Gasteiger partial charge in [-0.25, -0.2) is 9.36 Å². The third kappa shape index (κ3) is 6.90. The van der Waals surface area contributed by atoms with Gasteiger partial charge in [0.2, 0.25) is 6.23 Å². The molecule has 0 unspecified atom stereocenters. The second kappa shape index (κ2) is 12.2. The van der Waals surface area contributed by atoms with E-state index in [0.29, 0.717) is 4.57 Å². The number of nitrogens with two attached hydrogens (primary N) is 1. The van der Waals surface area contributed by atoms with Gasteiger partial charge in [-0.3, -0.25) is 13.9 Å². The van der Waals surface area contributed by atoms with E-state index < -0.39 is 56.4 Å². The number of rotatable bonds is 11. The number of carbonyl (C=O) groups is 1. The molecule has 0 aliphatic carbocycles. The number of alkyl halides is 2. The van der Waals surface area contributed by atoms with Crippen molar-refractivity contribution in [2.75, 3.05) is 12.3 Å². The van der Waals surface area contributed by atoms with Gasteiger partial charge in [0.15, 0.2) is 6.10 Å². The summed E-state index contributed by atoms with van der Waals surface area (Å²) < 4.78 is 65.3. The number of aromatic nitrogens is 2. The molecule has 5 atom stereocenters. The van der Waals surface area contributed by atoms with Gasteiger partial charge in [0, 0.05) is 6.20 Å². The number of halogens is 2. The molecule has 2 heterocycles. The number of hydrogen-bond donors (Lipinski definition) is 3. The van der Waals surface area contributed by atoms with Crippen molar-refractivity contribution in [3.8, 4) is 5.75 Å². The lowest BCUT2D eigenvalue weighted by Crippen LogP contribution is -2.42. The summed E-state index contributed by atoms with van der Waals surface area (Å²) in [6, 6.07) is 16.5. The van der Waals surface area contributed by atoms with Gasteiger partial charge in [0.05, 0.1) is 6.61 Å². The molecule has 1 aliphatic heterocycles. The first-order valence-corrected chi connectivity index (χ1v) is 13.6. The van der Waals surface area contributed by atoms with Crippen LogP contribution >= 0.6 is 7.75 Å². The van der Waals surface area contributed by atoms with Crippen LogP contribution in [0.15, 0.2) is 77.7 Å². The molecule has 214 valence electrons. The minimum absolute atomic E-state index is 0.0473. The van der Waals surface area contributed by atoms with Crippen molar-refractivity contribution in [2.45, 2.75) is 43.9 Å². The molecule has 0 radical (unpaired) electrons. The number of aliphatic hydroxyl groups is 1. The van der Waals surface area contributed by atoms with Gasteiger partial charge in [-0.1, -0.05) is 48.5 Å². The summed E-state index contributed by atoms with van der Waals surface area (Å²) in [5, 5.41) is 12.7. The second-order valence-corrected chi connectivity index (χ2v) is 10.5. The number of para-hydroxylation sites is 1. The van der Waals surface area contributed by atoms with Gasteiger partial charge in [-0.2, -0.15) is 18.9 Å². The molecule has 1 fully saturated rings. The Hall–Kier alpha value is -3.68. The highest BCUT2D eigenvalue weighted by atomic mass is 31.2. The number of hydrogen-bond acceptors (Lipinski definition) is 10. The average Bonchev–Trinajstić information content (AvgIpc) is 3.15. The Balaban J connectivity index is 1.47. The van der Waals surface area contributed by atoms with E-state index >= 15 is 0 Å². The summed E-state index contributed by atoms with van der Waals surface area (Å²) in [5.74, 6) is -4.85. The molecule has 3 aromatic rings. The molecular weight excluding hydrogens is 553 g/mol. The smallest absolute Gasteiger partial charge is 0.459 e. The van der Waals surface area contributed by atoms with Crippen molar-refractivity contribution in [2.24, 2.45) is 0 Å². The molecule has 2 aromatic carbocycles. The molecule has 0 amide bonds. The predicted molar refractivity (Wildman–Crippen MR) is 137 cm³/mol. The molecule has 1 aromatic heterocycles. The molecule has 1 aliphatic rings. The van der Waals surface area contributed by atoms with E-state index in [1.165, 1.54) is 19.1 Å². The Bertz CT molecular complexity index is 1410. The molecule has 1 saturated heterocycles. The first kappa shape index (κ1) is 29.3. The number of anilines is 1. The number of nitrogens with zero attached hydrogens (tertiary/aromatic N) is 2. The van der Waals surface area contributed by atoms with E-state index in [9.17, 15) is 28.0 Å². The highest BCUT2D eigenvalue weighted by molar-refractivity contribution is 7.52. The van der Waals surface area contributed by atoms with Gasteiger partial charge in [-0.05, 0) is 30.7 Å². The van der Waals surface area contributed by atoms with Crippen molar-refractivity contribution < 1.29 is 41.8 Å². The Morgan fingerprint density at radius 2 is 1.85 bits per heavy atom. The monoisotopic (exact) mass is 580 g/mol. The molecule has 12 nitrogen and oxygen atoms in total. The van der Waals surface area contributed by atoms with Gasteiger partial charge in [-0.15, -0.1) is 0 Å². The fraction of sp³-hybridized carbons (Fsp3) is 0.320. The van der Waals surface area contributed by atoms with Crippen LogP contribution in [0.1, 0.15) is 18.7 Å². The molecule has 40 heavy (non-hydrogen) atoms. The maximum atomic E-state index is 14.9. The van der Waals surface area contributed by atoms with E-state index in [1.54, 1.807) is 48.5 Å². The highest BCUT2D eigenvalue weighted by Gasteiger charge is 2.60. The quantitative estimate of drug-likeness (QED) is 0.226. The number of esters is 1. The predicted octanol–water partition coefficient (Wildman–Crippen LogP) is 2.64. The Morgan fingerprint density at radius 1 is 1.20 bits per heavy atom. The van der Waals surface area contributed by atoms with Crippen molar-refractivity contribution >= 4 is 19.5 Å².